The van der Waals surface area contributed by atoms with Gasteiger partial charge in [-0.1, -0.05) is 29.8 Å². The zero-order valence-corrected chi connectivity index (χ0v) is 15.4. The topological polar surface area (TPSA) is 88.0 Å². The lowest BCUT2D eigenvalue weighted by atomic mass is 10.1. The van der Waals surface area contributed by atoms with Crippen LogP contribution in [-0.2, 0) is 17.6 Å². The Labute approximate surface area is 160 Å². The molecule has 0 radical (unpaired) electrons. The molecule has 7 nitrogen and oxygen atoms in total. The standard InChI is InChI=1S/C19H19ClN6O/c20-16-8-9-18-24-23-17(26(18)25-16)6-3-7-19(27)21-11-10-13-12-22-15-5-2-1-4-14(13)15/h1-2,4-5,8-9,12,22H,3,6-7,10-11H2,(H,21,27). The fourth-order valence-corrected chi connectivity index (χ4v) is 3.28. The summed E-state index contributed by atoms with van der Waals surface area (Å²) in [6, 6.07) is 11.6. The van der Waals surface area contributed by atoms with Crippen LogP contribution in [0.5, 0.6) is 0 Å². The summed E-state index contributed by atoms with van der Waals surface area (Å²) in [5, 5.41) is 16.9. The van der Waals surface area contributed by atoms with Crippen LogP contribution >= 0.6 is 11.6 Å². The molecule has 3 aromatic heterocycles. The maximum Gasteiger partial charge on any atom is 0.220 e. The van der Waals surface area contributed by atoms with E-state index in [1.165, 1.54) is 10.9 Å². The van der Waals surface area contributed by atoms with Gasteiger partial charge in [0.1, 0.15) is 5.15 Å². The first-order valence-electron chi connectivity index (χ1n) is 8.89. The first-order chi connectivity index (χ1) is 13.2. The summed E-state index contributed by atoms with van der Waals surface area (Å²) in [6.07, 6.45) is 4.53. The number of aryl methyl sites for hydroxylation is 1. The predicted molar refractivity (Wildman–Crippen MR) is 104 cm³/mol. The minimum atomic E-state index is 0.0367. The third-order valence-electron chi connectivity index (χ3n) is 4.49. The van der Waals surface area contributed by atoms with E-state index in [9.17, 15) is 4.79 Å². The number of aromatic nitrogens is 5. The van der Waals surface area contributed by atoms with Gasteiger partial charge in [0.2, 0.25) is 5.91 Å². The average molecular weight is 383 g/mol. The first-order valence-corrected chi connectivity index (χ1v) is 9.27. The average Bonchev–Trinajstić information content (AvgIpc) is 3.26. The Kier molecular flexibility index (Phi) is 5.02. The Hall–Kier alpha value is -2.93. The van der Waals surface area contributed by atoms with E-state index in [0.717, 1.165) is 11.9 Å². The summed E-state index contributed by atoms with van der Waals surface area (Å²) in [6.45, 7) is 0.617. The molecular formula is C19H19ClN6O. The van der Waals surface area contributed by atoms with Crippen molar-refractivity contribution in [1.29, 1.82) is 0 Å². The van der Waals surface area contributed by atoms with Crippen LogP contribution in [0.3, 0.4) is 0 Å². The van der Waals surface area contributed by atoms with Crippen molar-refractivity contribution in [3.63, 3.8) is 0 Å². The van der Waals surface area contributed by atoms with Crippen molar-refractivity contribution in [2.45, 2.75) is 25.7 Å². The lowest BCUT2D eigenvalue weighted by Gasteiger charge is -2.05. The number of amides is 1. The van der Waals surface area contributed by atoms with Crippen LogP contribution < -0.4 is 5.32 Å². The minimum absolute atomic E-state index is 0.0367. The Balaban J connectivity index is 1.24. The molecule has 0 aliphatic carbocycles. The smallest absolute Gasteiger partial charge is 0.220 e. The van der Waals surface area contributed by atoms with Crippen molar-refractivity contribution in [3.8, 4) is 0 Å². The van der Waals surface area contributed by atoms with E-state index in [-0.39, 0.29) is 5.91 Å². The number of carbonyl (C=O) groups is 1. The number of benzene rings is 1. The van der Waals surface area contributed by atoms with E-state index in [2.05, 4.69) is 31.7 Å². The maximum absolute atomic E-state index is 12.1. The Morgan fingerprint density at radius 1 is 1.15 bits per heavy atom. The number of nitrogens with zero attached hydrogens (tertiary/aromatic N) is 4. The molecule has 0 saturated heterocycles. The first kappa shape index (κ1) is 17.5. The summed E-state index contributed by atoms with van der Waals surface area (Å²) in [5.41, 5.74) is 2.98. The van der Waals surface area contributed by atoms with Crippen LogP contribution in [0.15, 0.2) is 42.6 Å². The van der Waals surface area contributed by atoms with Crippen LogP contribution in [0, 0.1) is 0 Å². The van der Waals surface area contributed by atoms with E-state index < -0.39 is 0 Å². The fraction of sp³-hybridized carbons (Fsp3) is 0.263. The van der Waals surface area contributed by atoms with Gasteiger partial charge in [0.15, 0.2) is 11.5 Å². The summed E-state index contributed by atoms with van der Waals surface area (Å²) >= 11 is 5.91. The lowest BCUT2D eigenvalue weighted by molar-refractivity contribution is -0.121. The maximum atomic E-state index is 12.1. The van der Waals surface area contributed by atoms with E-state index in [0.29, 0.717) is 42.4 Å². The third kappa shape index (κ3) is 3.93. The zero-order chi connectivity index (χ0) is 18.6. The van der Waals surface area contributed by atoms with E-state index in [1.54, 1.807) is 16.6 Å². The minimum Gasteiger partial charge on any atom is -0.361 e. The molecule has 27 heavy (non-hydrogen) atoms. The van der Waals surface area contributed by atoms with Crippen LogP contribution in [-0.4, -0.2) is 37.2 Å². The number of fused-ring (bicyclic) bond motifs is 2. The van der Waals surface area contributed by atoms with E-state index in [4.69, 9.17) is 11.6 Å². The van der Waals surface area contributed by atoms with Gasteiger partial charge in [0, 0.05) is 36.5 Å². The quantitative estimate of drug-likeness (QED) is 0.514. The van der Waals surface area contributed by atoms with E-state index in [1.807, 2.05) is 24.4 Å². The van der Waals surface area contributed by atoms with Gasteiger partial charge < -0.3 is 10.3 Å². The SMILES string of the molecule is O=C(CCCc1nnc2ccc(Cl)nn12)NCCc1c[nH]c2ccccc12. The number of para-hydroxylation sites is 1. The number of hydrogen-bond acceptors (Lipinski definition) is 4. The fourth-order valence-electron chi connectivity index (χ4n) is 3.14. The van der Waals surface area contributed by atoms with Crippen molar-refractivity contribution >= 4 is 34.1 Å². The molecule has 3 heterocycles. The number of rotatable bonds is 7. The monoisotopic (exact) mass is 382 g/mol. The summed E-state index contributed by atoms with van der Waals surface area (Å²) in [4.78, 5) is 15.3. The number of H-pyrrole nitrogens is 1. The predicted octanol–water partition coefficient (Wildman–Crippen LogP) is 2.94. The molecule has 0 aliphatic rings. The van der Waals surface area contributed by atoms with Gasteiger partial charge in [0.05, 0.1) is 0 Å². The molecule has 1 amide bonds. The Morgan fingerprint density at radius 2 is 2.04 bits per heavy atom. The van der Waals surface area contributed by atoms with Gasteiger partial charge in [-0.3, -0.25) is 4.79 Å². The molecule has 0 saturated carbocycles. The van der Waals surface area contributed by atoms with Gasteiger partial charge in [0.25, 0.3) is 0 Å². The molecule has 0 fully saturated rings. The van der Waals surface area contributed by atoms with Crippen molar-refractivity contribution in [3.05, 3.63) is 59.1 Å². The van der Waals surface area contributed by atoms with E-state index >= 15 is 0 Å². The van der Waals surface area contributed by atoms with Crippen molar-refractivity contribution in [1.82, 2.24) is 30.1 Å². The highest BCUT2D eigenvalue weighted by Gasteiger charge is 2.09. The molecule has 4 aromatic rings. The molecule has 8 heteroatoms. The van der Waals surface area contributed by atoms with Gasteiger partial charge in [-0.05, 0) is 36.6 Å². The van der Waals surface area contributed by atoms with Crippen LogP contribution in [0.25, 0.3) is 16.6 Å². The number of aromatic amines is 1. The zero-order valence-electron chi connectivity index (χ0n) is 14.7. The molecule has 0 aliphatic heterocycles. The van der Waals surface area contributed by atoms with Crippen LogP contribution in [0.2, 0.25) is 5.15 Å². The van der Waals surface area contributed by atoms with Crippen LogP contribution in [0.1, 0.15) is 24.2 Å². The van der Waals surface area contributed by atoms with Gasteiger partial charge >= 0.3 is 0 Å². The Bertz CT molecular complexity index is 1090. The molecular weight excluding hydrogens is 364 g/mol. The molecule has 1 aromatic carbocycles. The third-order valence-corrected chi connectivity index (χ3v) is 4.69. The number of nitrogens with one attached hydrogen (secondary N) is 2. The number of hydrogen-bond donors (Lipinski definition) is 2. The molecule has 0 unspecified atom stereocenters. The molecule has 0 atom stereocenters. The molecule has 138 valence electrons. The van der Waals surface area contributed by atoms with Gasteiger partial charge in [-0.25, -0.2) is 0 Å². The second-order valence-corrected chi connectivity index (χ2v) is 6.74. The Morgan fingerprint density at radius 3 is 2.96 bits per heavy atom. The highest BCUT2D eigenvalue weighted by atomic mass is 35.5. The largest absolute Gasteiger partial charge is 0.361 e. The molecule has 0 bridgehead atoms. The highest BCUT2D eigenvalue weighted by molar-refractivity contribution is 6.29. The summed E-state index contributed by atoms with van der Waals surface area (Å²) in [7, 11) is 0. The van der Waals surface area contributed by atoms with Crippen molar-refractivity contribution in [2.75, 3.05) is 6.54 Å². The van der Waals surface area contributed by atoms with Gasteiger partial charge in [-0.2, -0.15) is 9.61 Å². The number of carbonyl (C=O) groups excluding carboxylic acids is 1. The molecule has 0 spiro atoms. The van der Waals surface area contributed by atoms with Crippen molar-refractivity contribution < 1.29 is 4.79 Å². The lowest BCUT2D eigenvalue weighted by Crippen LogP contribution is -2.25. The van der Waals surface area contributed by atoms with Gasteiger partial charge in [-0.15, -0.1) is 10.2 Å². The van der Waals surface area contributed by atoms with Crippen molar-refractivity contribution in [2.24, 2.45) is 0 Å². The van der Waals surface area contributed by atoms with Crippen LogP contribution in [0.4, 0.5) is 0 Å². The molecule has 2 N–H and O–H groups in total. The summed E-state index contributed by atoms with van der Waals surface area (Å²) < 4.78 is 1.62. The second kappa shape index (κ2) is 7.75. The number of halogens is 1. The summed E-state index contributed by atoms with van der Waals surface area (Å²) in [5.74, 6) is 0.744. The second-order valence-electron chi connectivity index (χ2n) is 6.36. The normalized spacial score (nSPS) is 11.3. The molecule has 4 rings (SSSR count). The highest BCUT2D eigenvalue weighted by Crippen LogP contribution is 2.17.